The van der Waals surface area contributed by atoms with Crippen molar-refractivity contribution >= 4 is 12.4 Å². The minimum atomic E-state index is 0.104. The lowest BCUT2D eigenvalue weighted by atomic mass is 9.91. The molecular formula is C22H26N2O2. The molecule has 3 rings (SSSR count). The SMILES string of the molecule is Cc1ccc(O)c(C=N[C@@H]2CCCC[C@H]2N=Cc2cc(C)ccc2O)c1. The van der Waals surface area contributed by atoms with E-state index in [9.17, 15) is 10.2 Å². The van der Waals surface area contributed by atoms with Gasteiger partial charge in [0, 0.05) is 23.6 Å². The van der Waals surface area contributed by atoms with Crippen LogP contribution in [0.2, 0.25) is 0 Å². The zero-order chi connectivity index (χ0) is 18.5. The Hall–Kier alpha value is -2.62. The van der Waals surface area contributed by atoms with Gasteiger partial charge in [0.25, 0.3) is 0 Å². The summed E-state index contributed by atoms with van der Waals surface area (Å²) in [6.45, 7) is 4.00. The van der Waals surface area contributed by atoms with E-state index in [-0.39, 0.29) is 23.6 Å². The van der Waals surface area contributed by atoms with Gasteiger partial charge in [-0.2, -0.15) is 0 Å². The zero-order valence-electron chi connectivity index (χ0n) is 15.4. The fraction of sp³-hybridized carbons (Fsp3) is 0.364. The number of phenolic OH excluding ortho intramolecular Hbond substituents is 2. The van der Waals surface area contributed by atoms with Gasteiger partial charge >= 0.3 is 0 Å². The molecule has 4 nitrogen and oxygen atoms in total. The van der Waals surface area contributed by atoms with Crippen molar-refractivity contribution in [2.75, 3.05) is 0 Å². The minimum absolute atomic E-state index is 0.104. The number of aliphatic imine (C=N–C) groups is 2. The molecule has 4 heteroatoms. The fourth-order valence-electron chi connectivity index (χ4n) is 3.35. The number of benzene rings is 2. The number of rotatable bonds is 4. The Morgan fingerprint density at radius 3 is 1.62 bits per heavy atom. The summed E-state index contributed by atoms with van der Waals surface area (Å²) in [7, 11) is 0. The van der Waals surface area contributed by atoms with Gasteiger partial charge < -0.3 is 10.2 Å². The summed E-state index contributed by atoms with van der Waals surface area (Å²) < 4.78 is 0. The Labute approximate surface area is 155 Å². The van der Waals surface area contributed by atoms with Crippen LogP contribution in [0.4, 0.5) is 0 Å². The molecule has 0 amide bonds. The van der Waals surface area contributed by atoms with Crippen molar-refractivity contribution in [3.63, 3.8) is 0 Å². The first-order valence-corrected chi connectivity index (χ1v) is 9.18. The van der Waals surface area contributed by atoms with Gasteiger partial charge in [0.15, 0.2) is 0 Å². The Bertz CT molecular complexity index is 757. The Morgan fingerprint density at radius 1 is 0.769 bits per heavy atom. The third-order valence-electron chi connectivity index (χ3n) is 4.87. The number of aromatic hydroxyl groups is 2. The molecule has 26 heavy (non-hydrogen) atoms. The van der Waals surface area contributed by atoms with Crippen LogP contribution in [0.5, 0.6) is 11.5 Å². The van der Waals surface area contributed by atoms with E-state index in [1.54, 1.807) is 24.6 Å². The summed E-state index contributed by atoms with van der Waals surface area (Å²) in [5, 5.41) is 20.0. The molecule has 0 bridgehead atoms. The topological polar surface area (TPSA) is 65.2 Å². The molecule has 1 aliphatic carbocycles. The van der Waals surface area contributed by atoms with Crippen LogP contribution in [-0.2, 0) is 0 Å². The van der Waals surface area contributed by atoms with Crippen LogP contribution in [0.25, 0.3) is 0 Å². The molecule has 2 aromatic carbocycles. The summed E-state index contributed by atoms with van der Waals surface area (Å²) in [6.07, 6.45) is 7.80. The first-order chi connectivity index (χ1) is 12.5. The summed E-state index contributed by atoms with van der Waals surface area (Å²) in [4.78, 5) is 9.46. The van der Waals surface area contributed by atoms with E-state index < -0.39 is 0 Å². The Balaban J connectivity index is 1.77. The molecule has 0 aromatic heterocycles. The van der Waals surface area contributed by atoms with E-state index in [1.165, 1.54) is 0 Å². The van der Waals surface area contributed by atoms with Crippen LogP contribution in [0.3, 0.4) is 0 Å². The second-order valence-corrected chi connectivity index (χ2v) is 7.10. The van der Waals surface area contributed by atoms with Gasteiger partial charge in [-0.05, 0) is 51.0 Å². The largest absolute Gasteiger partial charge is 0.507 e. The molecule has 0 aliphatic heterocycles. The van der Waals surface area contributed by atoms with Gasteiger partial charge in [-0.25, -0.2) is 0 Å². The van der Waals surface area contributed by atoms with Gasteiger partial charge in [0.05, 0.1) is 12.1 Å². The van der Waals surface area contributed by atoms with Crippen LogP contribution in [-0.4, -0.2) is 34.7 Å². The van der Waals surface area contributed by atoms with Crippen LogP contribution in [0.1, 0.15) is 47.9 Å². The normalized spacial score (nSPS) is 20.8. The van der Waals surface area contributed by atoms with E-state index in [2.05, 4.69) is 0 Å². The highest BCUT2D eigenvalue weighted by Gasteiger charge is 2.23. The Kier molecular flexibility index (Phi) is 5.71. The molecule has 1 saturated carbocycles. The highest BCUT2D eigenvalue weighted by Crippen LogP contribution is 2.25. The number of hydrogen-bond acceptors (Lipinski definition) is 4. The van der Waals surface area contributed by atoms with Gasteiger partial charge in [-0.1, -0.05) is 36.1 Å². The third kappa shape index (κ3) is 4.51. The zero-order valence-corrected chi connectivity index (χ0v) is 15.4. The number of phenols is 2. The summed E-state index contributed by atoms with van der Waals surface area (Å²) in [6, 6.07) is 11.2. The van der Waals surface area contributed by atoms with E-state index in [4.69, 9.17) is 9.98 Å². The van der Waals surface area contributed by atoms with Gasteiger partial charge in [-0.15, -0.1) is 0 Å². The monoisotopic (exact) mass is 350 g/mol. The number of hydrogen-bond donors (Lipinski definition) is 2. The highest BCUT2D eigenvalue weighted by atomic mass is 16.3. The number of nitrogens with zero attached hydrogens (tertiary/aromatic N) is 2. The molecule has 0 radical (unpaired) electrons. The molecule has 2 aromatic rings. The van der Waals surface area contributed by atoms with Crippen LogP contribution >= 0.6 is 0 Å². The maximum Gasteiger partial charge on any atom is 0.124 e. The van der Waals surface area contributed by atoms with Crippen molar-refractivity contribution in [2.24, 2.45) is 9.98 Å². The molecule has 0 spiro atoms. The standard InChI is InChI=1S/C22H26N2O2/c1-15-7-9-21(25)17(11-15)13-23-19-5-3-4-6-20(19)24-14-18-12-16(2)8-10-22(18)26/h7-14,19-20,25-26H,3-6H2,1-2H3/t19-,20-/m1/s1. The van der Waals surface area contributed by atoms with E-state index in [0.717, 1.165) is 47.9 Å². The van der Waals surface area contributed by atoms with Gasteiger partial charge in [0.2, 0.25) is 0 Å². The third-order valence-corrected chi connectivity index (χ3v) is 4.87. The quantitative estimate of drug-likeness (QED) is 0.794. The molecule has 0 saturated heterocycles. The lowest BCUT2D eigenvalue weighted by Gasteiger charge is -2.25. The van der Waals surface area contributed by atoms with Crippen LogP contribution < -0.4 is 0 Å². The van der Waals surface area contributed by atoms with E-state index >= 15 is 0 Å². The van der Waals surface area contributed by atoms with Crippen LogP contribution in [0.15, 0.2) is 46.4 Å². The number of aryl methyl sites for hydroxylation is 2. The van der Waals surface area contributed by atoms with Crippen molar-refractivity contribution in [1.82, 2.24) is 0 Å². The molecule has 136 valence electrons. The first kappa shape index (κ1) is 18.2. The van der Waals surface area contributed by atoms with Crippen molar-refractivity contribution in [3.8, 4) is 11.5 Å². The molecule has 2 N–H and O–H groups in total. The molecule has 0 unspecified atom stereocenters. The van der Waals surface area contributed by atoms with Crippen molar-refractivity contribution in [1.29, 1.82) is 0 Å². The van der Waals surface area contributed by atoms with Gasteiger partial charge in [-0.3, -0.25) is 9.98 Å². The van der Waals surface area contributed by atoms with Gasteiger partial charge in [0.1, 0.15) is 11.5 Å². The van der Waals surface area contributed by atoms with Crippen molar-refractivity contribution < 1.29 is 10.2 Å². The van der Waals surface area contributed by atoms with Crippen molar-refractivity contribution in [2.45, 2.75) is 51.6 Å². The molecule has 2 atom stereocenters. The minimum Gasteiger partial charge on any atom is -0.507 e. The second-order valence-electron chi connectivity index (χ2n) is 7.10. The summed E-state index contributed by atoms with van der Waals surface area (Å²) >= 11 is 0. The fourth-order valence-corrected chi connectivity index (χ4v) is 3.35. The first-order valence-electron chi connectivity index (χ1n) is 9.18. The second kappa shape index (κ2) is 8.17. The smallest absolute Gasteiger partial charge is 0.124 e. The van der Waals surface area contributed by atoms with Crippen molar-refractivity contribution in [3.05, 3.63) is 58.7 Å². The van der Waals surface area contributed by atoms with Crippen LogP contribution in [0, 0.1) is 13.8 Å². The predicted molar refractivity (Wildman–Crippen MR) is 107 cm³/mol. The lowest BCUT2D eigenvalue weighted by molar-refractivity contribution is 0.390. The molecule has 0 heterocycles. The predicted octanol–water partition coefficient (Wildman–Crippen LogP) is 4.56. The maximum absolute atomic E-state index is 9.99. The van der Waals surface area contributed by atoms with E-state index in [1.807, 2.05) is 38.1 Å². The average molecular weight is 350 g/mol. The lowest BCUT2D eigenvalue weighted by Crippen LogP contribution is -2.27. The molecule has 1 aliphatic rings. The molecule has 1 fully saturated rings. The highest BCUT2D eigenvalue weighted by molar-refractivity contribution is 5.84. The maximum atomic E-state index is 9.99. The average Bonchev–Trinajstić information content (AvgIpc) is 2.64. The Morgan fingerprint density at radius 2 is 1.19 bits per heavy atom. The summed E-state index contributed by atoms with van der Waals surface area (Å²) in [5.74, 6) is 0.500. The van der Waals surface area contributed by atoms with E-state index in [0.29, 0.717) is 0 Å². The summed E-state index contributed by atoms with van der Waals surface area (Å²) in [5.41, 5.74) is 3.68. The molecular weight excluding hydrogens is 324 g/mol.